The van der Waals surface area contributed by atoms with Gasteiger partial charge in [0.15, 0.2) is 15.8 Å². The summed E-state index contributed by atoms with van der Waals surface area (Å²) >= 11 is 1.38. The average Bonchev–Trinajstić information content (AvgIpc) is 3.61. The number of anilines is 3. The minimum absolute atomic E-state index is 0.0327. The zero-order valence-electron chi connectivity index (χ0n) is 26.8. The van der Waals surface area contributed by atoms with Crippen LogP contribution in [0.15, 0.2) is 53.6 Å². The van der Waals surface area contributed by atoms with Crippen LogP contribution in [-0.4, -0.2) is 93.6 Å². The molecule has 2 N–H and O–H groups in total. The summed E-state index contributed by atoms with van der Waals surface area (Å²) in [5, 5.41) is 3.96. The lowest BCUT2D eigenvalue weighted by molar-refractivity contribution is 0.264. The van der Waals surface area contributed by atoms with Gasteiger partial charge in [0.2, 0.25) is 5.95 Å². The zero-order valence-corrected chi connectivity index (χ0v) is 29.2. The Labute approximate surface area is 287 Å². The van der Waals surface area contributed by atoms with Crippen LogP contribution in [0.4, 0.5) is 25.5 Å². The lowest BCUT2D eigenvalue weighted by atomic mass is 10.1. The summed E-state index contributed by atoms with van der Waals surface area (Å²) < 4.78 is 89.2. The maximum absolute atomic E-state index is 16.5. The third kappa shape index (κ3) is 6.68. The van der Waals surface area contributed by atoms with E-state index in [-0.39, 0.29) is 52.3 Å². The van der Waals surface area contributed by atoms with Crippen molar-refractivity contribution in [1.82, 2.24) is 19.9 Å². The predicted molar refractivity (Wildman–Crippen MR) is 184 cm³/mol. The first-order chi connectivity index (χ1) is 23.4. The number of rotatable bonds is 9. The Balaban J connectivity index is 1.28. The van der Waals surface area contributed by atoms with Crippen molar-refractivity contribution >= 4 is 48.0 Å². The summed E-state index contributed by atoms with van der Waals surface area (Å²) in [5.74, 6) is -1.67. The molecule has 7 rings (SSSR count). The van der Waals surface area contributed by atoms with E-state index in [4.69, 9.17) is 14.7 Å². The number of methoxy groups -OCH3 is 1. The fourth-order valence-corrected chi connectivity index (χ4v) is 10.8. The van der Waals surface area contributed by atoms with Gasteiger partial charge in [0.25, 0.3) is 10.0 Å². The summed E-state index contributed by atoms with van der Waals surface area (Å²) in [5.41, 5.74) is 0.391. The number of aromatic nitrogens is 3. The molecular formula is C32H35F2N7O5S3. The molecule has 3 aliphatic heterocycles. The number of sulfonamides is 1. The van der Waals surface area contributed by atoms with Crippen LogP contribution < -0.4 is 19.7 Å². The first-order valence-corrected chi connectivity index (χ1v) is 20.0. The largest absolute Gasteiger partial charge is 0.495 e. The van der Waals surface area contributed by atoms with Gasteiger partial charge in [-0.15, -0.1) is 0 Å². The van der Waals surface area contributed by atoms with Crippen LogP contribution >= 0.6 is 11.3 Å². The number of likely N-dealkylation sites (tertiary alicyclic amines) is 1. The molecule has 2 aromatic carbocycles. The van der Waals surface area contributed by atoms with E-state index in [0.717, 1.165) is 32.0 Å². The van der Waals surface area contributed by atoms with Crippen LogP contribution in [0.2, 0.25) is 0 Å². The van der Waals surface area contributed by atoms with Gasteiger partial charge in [-0.3, -0.25) is 4.72 Å². The highest BCUT2D eigenvalue weighted by molar-refractivity contribution is 7.92. The average molecular weight is 732 g/mol. The number of likely N-dealkylation sites (N-methyl/N-ethyl adjacent to an activating group) is 1. The van der Waals surface area contributed by atoms with Gasteiger partial charge in [0, 0.05) is 43.0 Å². The number of piperazine rings is 1. The molecule has 260 valence electrons. The van der Waals surface area contributed by atoms with Crippen molar-refractivity contribution < 1.29 is 30.4 Å². The minimum atomic E-state index is -4.61. The molecule has 5 heterocycles. The van der Waals surface area contributed by atoms with Gasteiger partial charge in [-0.2, -0.15) is 0 Å². The van der Waals surface area contributed by atoms with Crippen molar-refractivity contribution in [2.24, 2.45) is 0 Å². The normalized spacial score (nSPS) is 21.1. The quantitative estimate of drug-likeness (QED) is 0.249. The Morgan fingerprint density at radius 3 is 2.41 bits per heavy atom. The highest BCUT2D eigenvalue weighted by Crippen LogP contribution is 2.45. The molecule has 3 saturated heterocycles. The summed E-state index contributed by atoms with van der Waals surface area (Å²) in [4.78, 5) is 18.5. The Morgan fingerprint density at radius 1 is 0.980 bits per heavy atom. The predicted octanol–water partition coefficient (Wildman–Crippen LogP) is 4.63. The van der Waals surface area contributed by atoms with E-state index in [2.05, 4.69) is 31.9 Å². The smallest absolute Gasteiger partial charge is 0.268 e. The van der Waals surface area contributed by atoms with Crippen molar-refractivity contribution in [1.29, 1.82) is 0 Å². The zero-order chi connectivity index (χ0) is 34.5. The van der Waals surface area contributed by atoms with Crippen LogP contribution in [0.5, 0.6) is 5.75 Å². The lowest BCUT2D eigenvalue weighted by Gasteiger charge is -2.39. The Hall–Kier alpha value is -3.93. The Bertz CT molecular complexity index is 2090. The van der Waals surface area contributed by atoms with Crippen LogP contribution in [0, 0.1) is 11.6 Å². The molecule has 0 spiro atoms. The van der Waals surface area contributed by atoms with E-state index in [1.807, 2.05) is 0 Å². The molecule has 2 atom stereocenters. The highest BCUT2D eigenvalue weighted by Gasteiger charge is 2.41. The maximum Gasteiger partial charge on any atom is 0.268 e. The van der Waals surface area contributed by atoms with Gasteiger partial charge in [0.1, 0.15) is 21.4 Å². The van der Waals surface area contributed by atoms with Crippen molar-refractivity contribution in [2.75, 3.05) is 53.7 Å². The number of sulfone groups is 1. The van der Waals surface area contributed by atoms with Gasteiger partial charge >= 0.3 is 0 Å². The second-order valence-electron chi connectivity index (χ2n) is 12.6. The monoisotopic (exact) mass is 731 g/mol. The molecule has 2 bridgehead atoms. The summed E-state index contributed by atoms with van der Waals surface area (Å²) in [6, 6.07) is 9.93. The van der Waals surface area contributed by atoms with Crippen LogP contribution in [0.3, 0.4) is 0 Å². The fourth-order valence-electron chi connectivity index (χ4n) is 6.87. The van der Waals surface area contributed by atoms with Gasteiger partial charge in [-0.25, -0.2) is 40.6 Å². The van der Waals surface area contributed by atoms with E-state index < -0.39 is 36.4 Å². The molecule has 0 saturated carbocycles. The molecular weight excluding hydrogens is 697 g/mol. The second-order valence-corrected chi connectivity index (χ2v) is 17.5. The van der Waals surface area contributed by atoms with Gasteiger partial charge in [-0.05, 0) is 63.1 Å². The highest BCUT2D eigenvalue weighted by atomic mass is 32.2. The Kier molecular flexibility index (Phi) is 8.96. The van der Waals surface area contributed by atoms with Crippen LogP contribution in [-0.2, 0) is 19.9 Å². The Morgan fingerprint density at radius 2 is 1.69 bits per heavy atom. The number of hydrogen-bond donors (Lipinski definition) is 2. The molecule has 0 amide bonds. The molecule has 3 fully saturated rings. The molecule has 2 aromatic heterocycles. The summed E-state index contributed by atoms with van der Waals surface area (Å²) in [6.07, 6.45) is 4.46. The molecule has 0 radical (unpaired) electrons. The third-order valence-electron chi connectivity index (χ3n) is 9.20. The van der Waals surface area contributed by atoms with E-state index in [0.29, 0.717) is 34.5 Å². The van der Waals surface area contributed by atoms with Crippen molar-refractivity contribution in [3.8, 4) is 27.6 Å². The first kappa shape index (κ1) is 33.6. The van der Waals surface area contributed by atoms with Gasteiger partial charge in [-0.1, -0.05) is 23.5 Å². The maximum atomic E-state index is 16.5. The molecule has 4 aromatic rings. The van der Waals surface area contributed by atoms with Gasteiger partial charge < -0.3 is 19.9 Å². The third-order valence-corrected chi connectivity index (χ3v) is 13.4. The second kappa shape index (κ2) is 13.1. The van der Waals surface area contributed by atoms with Gasteiger partial charge in [0.05, 0.1) is 40.6 Å². The number of ether oxygens (including phenoxy) is 1. The molecule has 49 heavy (non-hydrogen) atoms. The summed E-state index contributed by atoms with van der Waals surface area (Å²) in [7, 11) is -4.34. The minimum Gasteiger partial charge on any atom is -0.495 e. The molecule has 12 nitrogen and oxygen atoms in total. The number of nitrogens with zero attached hydrogens (tertiary/aromatic N) is 5. The van der Waals surface area contributed by atoms with E-state index in [1.54, 1.807) is 12.3 Å². The first-order valence-electron chi connectivity index (χ1n) is 15.8. The number of thiazole rings is 1. The molecule has 2 unspecified atom stereocenters. The lowest BCUT2D eigenvalue weighted by Crippen LogP contribution is -2.52. The van der Waals surface area contributed by atoms with Crippen LogP contribution in [0.1, 0.15) is 25.7 Å². The van der Waals surface area contributed by atoms with E-state index in [9.17, 15) is 21.2 Å². The number of fused-ring (bicyclic) bond motifs is 2. The number of halogens is 2. The topological polar surface area (TPSA) is 147 Å². The number of benzene rings is 2. The number of nitrogens with one attached hydrogen (secondary N) is 2. The fraction of sp³-hybridized carbons (Fsp3) is 0.406. The standard InChI is InChI=1S/C32H35F2N7O5S3/c1-40-17-20-9-10-21(18-40)41(20)32-38-28(29(47-32)25-11-14-35-31(37-25)36-19-12-15-48(42,43)16-13-19)22-5-3-7-24(27(22)34)39-49(44,45)30-23(33)6-4-8-26(30)46-2/h3-8,11,14,19-21,39H,9-10,12-13,15-18H2,1-2H3,(H,35,36,37). The summed E-state index contributed by atoms with van der Waals surface area (Å²) in [6.45, 7) is 1.73. The number of hydrogen-bond acceptors (Lipinski definition) is 12. The molecule has 3 aliphatic rings. The van der Waals surface area contributed by atoms with Crippen molar-refractivity contribution in [2.45, 2.75) is 48.7 Å². The van der Waals surface area contributed by atoms with Crippen molar-refractivity contribution in [3.05, 3.63) is 60.3 Å². The van der Waals surface area contributed by atoms with E-state index >= 15 is 4.39 Å². The molecule has 0 aliphatic carbocycles. The van der Waals surface area contributed by atoms with Crippen molar-refractivity contribution in [3.63, 3.8) is 0 Å². The molecule has 17 heteroatoms. The SMILES string of the molecule is COc1cccc(F)c1S(=O)(=O)Nc1cccc(-c2nc(N3C4CCC3CN(C)C4)sc2-c2ccnc(NC3CCS(=O)(=O)CC3)n2)c1F. The van der Waals surface area contributed by atoms with E-state index in [1.165, 1.54) is 48.8 Å². The van der Waals surface area contributed by atoms with Crippen LogP contribution in [0.25, 0.3) is 21.8 Å².